The molecule has 7 heteroatoms. The molecular weight excluding hydrogens is 330 g/mol. The van der Waals surface area contributed by atoms with Crippen LogP contribution in [0, 0.1) is 5.92 Å². The van der Waals surface area contributed by atoms with Crippen molar-refractivity contribution in [2.45, 2.75) is 45.8 Å². The summed E-state index contributed by atoms with van der Waals surface area (Å²) in [5, 5.41) is 11.1. The van der Waals surface area contributed by atoms with Gasteiger partial charge in [-0.1, -0.05) is 43.3 Å². The number of fused-ring (bicyclic) bond motifs is 2. The number of carbonyl (C=O) groups excluding carboxylic acids is 2. The largest absolute Gasteiger partial charge is 0.346 e. The molecule has 3 heterocycles. The zero-order valence-corrected chi connectivity index (χ0v) is 15.1. The maximum atomic E-state index is 13.0. The number of nitrogens with one attached hydrogen (secondary N) is 1. The van der Waals surface area contributed by atoms with Gasteiger partial charge in [0.2, 0.25) is 0 Å². The average Bonchev–Trinajstić information content (AvgIpc) is 3.04. The Morgan fingerprint density at radius 2 is 2.08 bits per heavy atom. The maximum Gasteiger partial charge on any atom is 0.277 e. The first-order valence-corrected chi connectivity index (χ1v) is 9.13. The monoisotopic (exact) mass is 353 g/mol. The van der Waals surface area contributed by atoms with Crippen molar-refractivity contribution < 1.29 is 9.59 Å². The molecule has 2 aromatic rings. The summed E-state index contributed by atoms with van der Waals surface area (Å²) in [7, 11) is 0. The van der Waals surface area contributed by atoms with Crippen molar-refractivity contribution >= 4 is 11.8 Å². The van der Waals surface area contributed by atoms with E-state index in [4.69, 9.17) is 0 Å². The molecule has 0 fully saturated rings. The molecule has 1 aromatic heterocycles. The van der Waals surface area contributed by atoms with E-state index in [0.717, 1.165) is 18.4 Å². The summed E-state index contributed by atoms with van der Waals surface area (Å²) in [5.74, 6) is -0.00855. The standard InChI is InChI=1S/C19H23N5O2/c1-12(2)9-15-11-24-17(18(25)20-15)16(21-22-24)19(26)23-8-7-13-5-3-4-6-14(13)10-23/h3-6,12,15H,7-11H2,1-2H3,(H,20,25)/t15-/m0/s1. The normalized spacial score (nSPS) is 19.1. The van der Waals surface area contributed by atoms with Gasteiger partial charge in [0.25, 0.3) is 11.8 Å². The van der Waals surface area contributed by atoms with Crippen LogP contribution >= 0.6 is 0 Å². The Morgan fingerprint density at radius 3 is 2.85 bits per heavy atom. The zero-order chi connectivity index (χ0) is 18.3. The summed E-state index contributed by atoms with van der Waals surface area (Å²) in [5.41, 5.74) is 2.86. The molecule has 2 aliphatic rings. The number of hydrogen-bond donors (Lipinski definition) is 1. The predicted molar refractivity (Wildman–Crippen MR) is 95.6 cm³/mol. The second kappa shape index (κ2) is 6.55. The topological polar surface area (TPSA) is 80.1 Å². The van der Waals surface area contributed by atoms with E-state index in [1.54, 1.807) is 9.58 Å². The number of carbonyl (C=O) groups is 2. The van der Waals surface area contributed by atoms with Crippen LogP contribution in [0.15, 0.2) is 24.3 Å². The first kappa shape index (κ1) is 16.8. The molecule has 26 heavy (non-hydrogen) atoms. The highest BCUT2D eigenvalue weighted by Crippen LogP contribution is 2.22. The van der Waals surface area contributed by atoms with Gasteiger partial charge in [0, 0.05) is 19.1 Å². The van der Waals surface area contributed by atoms with Crippen LogP contribution in [0.25, 0.3) is 0 Å². The fraction of sp³-hybridized carbons (Fsp3) is 0.474. The van der Waals surface area contributed by atoms with E-state index in [1.807, 2.05) is 18.2 Å². The summed E-state index contributed by atoms with van der Waals surface area (Å²) < 4.78 is 1.58. The Balaban J connectivity index is 1.56. The van der Waals surface area contributed by atoms with Crippen LogP contribution in [0.3, 0.4) is 0 Å². The summed E-state index contributed by atoms with van der Waals surface area (Å²) in [6.45, 7) is 5.96. The fourth-order valence-corrected chi connectivity index (χ4v) is 3.84. The Labute approximate surface area is 152 Å². The highest BCUT2D eigenvalue weighted by atomic mass is 16.2. The van der Waals surface area contributed by atoms with Crippen LogP contribution in [0.4, 0.5) is 0 Å². The van der Waals surface area contributed by atoms with E-state index in [-0.39, 0.29) is 29.2 Å². The van der Waals surface area contributed by atoms with Crippen LogP contribution in [-0.4, -0.2) is 44.3 Å². The van der Waals surface area contributed by atoms with Gasteiger partial charge in [0.15, 0.2) is 11.4 Å². The first-order chi connectivity index (χ1) is 12.5. The molecule has 1 aromatic carbocycles. The van der Waals surface area contributed by atoms with Crippen molar-refractivity contribution in [1.82, 2.24) is 25.2 Å². The summed E-state index contributed by atoms with van der Waals surface area (Å²) in [4.78, 5) is 27.3. The summed E-state index contributed by atoms with van der Waals surface area (Å²) in [6, 6.07) is 8.17. The molecular formula is C19H23N5O2. The Kier molecular flexibility index (Phi) is 4.22. The quantitative estimate of drug-likeness (QED) is 0.910. The second-order valence-corrected chi connectivity index (χ2v) is 7.51. The van der Waals surface area contributed by atoms with E-state index in [0.29, 0.717) is 25.6 Å². The van der Waals surface area contributed by atoms with Crippen molar-refractivity contribution in [3.63, 3.8) is 0 Å². The number of aromatic nitrogens is 3. The van der Waals surface area contributed by atoms with Crippen molar-refractivity contribution in [2.75, 3.05) is 6.54 Å². The number of hydrogen-bond acceptors (Lipinski definition) is 4. The molecule has 2 amide bonds. The van der Waals surface area contributed by atoms with Crippen LogP contribution in [-0.2, 0) is 19.5 Å². The van der Waals surface area contributed by atoms with Crippen molar-refractivity contribution in [2.24, 2.45) is 5.92 Å². The summed E-state index contributed by atoms with van der Waals surface area (Å²) in [6.07, 6.45) is 1.69. The highest BCUT2D eigenvalue weighted by Gasteiger charge is 2.34. The molecule has 0 unspecified atom stereocenters. The lowest BCUT2D eigenvalue weighted by molar-refractivity contribution is 0.0719. The van der Waals surface area contributed by atoms with E-state index in [1.165, 1.54) is 5.56 Å². The Morgan fingerprint density at radius 1 is 1.31 bits per heavy atom. The number of benzene rings is 1. The van der Waals surface area contributed by atoms with Gasteiger partial charge in [-0.25, -0.2) is 4.68 Å². The minimum absolute atomic E-state index is 0.0292. The molecule has 2 aliphatic heterocycles. The van der Waals surface area contributed by atoms with Crippen LogP contribution < -0.4 is 5.32 Å². The minimum atomic E-state index is -0.257. The molecule has 7 nitrogen and oxygen atoms in total. The van der Waals surface area contributed by atoms with Gasteiger partial charge in [0.05, 0.1) is 6.54 Å². The molecule has 0 spiro atoms. The van der Waals surface area contributed by atoms with Crippen LogP contribution in [0.5, 0.6) is 0 Å². The predicted octanol–water partition coefficient (Wildman–Crippen LogP) is 1.63. The van der Waals surface area contributed by atoms with Gasteiger partial charge in [-0.05, 0) is 29.9 Å². The molecule has 4 rings (SSSR count). The Bertz CT molecular complexity index is 857. The van der Waals surface area contributed by atoms with Crippen LogP contribution in [0.2, 0.25) is 0 Å². The van der Waals surface area contributed by atoms with Crippen molar-refractivity contribution in [1.29, 1.82) is 0 Å². The molecule has 1 atom stereocenters. The molecule has 0 aliphatic carbocycles. The Hall–Kier alpha value is -2.70. The lowest BCUT2D eigenvalue weighted by Crippen LogP contribution is -2.46. The van der Waals surface area contributed by atoms with E-state index < -0.39 is 0 Å². The lowest BCUT2D eigenvalue weighted by Gasteiger charge is -2.29. The smallest absolute Gasteiger partial charge is 0.277 e. The fourth-order valence-electron chi connectivity index (χ4n) is 3.84. The lowest BCUT2D eigenvalue weighted by atomic mass is 9.99. The van der Waals surface area contributed by atoms with Gasteiger partial charge in [0.1, 0.15) is 0 Å². The zero-order valence-electron chi connectivity index (χ0n) is 15.1. The molecule has 0 radical (unpaired) electrons. The van der Waals surface area contributed by atoms with E-state index in [2.05, 4.69) is 35.5 Å². The van der Waals surface area contributed by atoms with E-state index >= 15 is 0 Å². The first-order valence-electron chi connectivity index (χ1n) is 9.13. The van der Waals surface area contributed by atoms with Crippen molar-refractivity contribution in [3.8, 4) is 0 Å². The molecule has 1 N–H and O–H groups in total. The minimum Gasteiger partial charge on any atom is -0.346 e. The van der Waals surface area contributed by atoms with Gasteiger partial charge in [-0.15, -0.1) is 5.10 Å². The molecule has 0 saturated heterocycles. The third-order valence-electron chi connectivity index (χ3n) is 5.06. The van der Waals surface area contributed by atoms with Crippen molar-refractivity contribution in [3.05, 3.63) is 46.8 Å². The number of amides is 2. The third kappa shape index (κ3) is 2.98. The molecule has 0 bridgehead atoms. The SMILES string of the molecule is CC(C)C[C@H]1Cn2nnc(C(=O)N3CCc4ccccc4C3)c2C(=O)N1. The third-order valence-corrected chi connectivity index (χ3v) is 5.06. The maximum absolute atomic E-state index is 13.0. The van der Waals surface area contributed by atoms with Gasteiger partial charge < -0.3 is 10.2 Å². The van der Waals surface area contributed by atoms with Gasteiger partial charge in [-0.2, -0.15) is 0 Å². The van der Waals surface area contributed by atoms with E-state index in [9.17, 15) is 9.59 Å². The molecule has 136 valence electrons. The van der Waals surface area contributed by atoms with Gasteiger partial charge >= 0.3 is 0 Å². The highest BCUT2D eigenvalue weighted by molar-refractivity contribution is 6.05. The second-order valence-electron chi connectivity index (χ2n) is 7.51. The average molecular weight is 353 g/mol. The van der Waals surface area contributed by atoms with Crippen LogP contribution in [0.1, 0.15) is 52.4 Å². The molecule has 0 saturated carbocycles. The number of rotatable bonds is 3. The summed E-state index contributed by atoms with van der Waals surface area (Å²) >= 11 is 0. The van der Waals surface area contributed by atoms with Gasteiger partial charge in [-0.3, -0.25) is 9.59 Å². The number of nitrogens with zero attached hydrogens (tertiary/aromatic N) is 4.